The Morgan fingerprint density at radius 3 is 2.52 bits per heavy atom. The van der Waals surface area contributed by atoms with E-state index in [9.17, 15) is 4.79 Å². The third-order valence-electron chi connectivity index (χ3n) is 5.19. The van der Waals surface area contributed by atoms with Crippen molar-refractivity contribution in [3.63, 3.8) is 0 Å². The minimum atomic E-state index is 0.372. The Bertz CT molecular complexity index is 383. The van der Waals surface area contributed by atoms with E-state index in [1.807, 2.05) is 0 Å². The molecule has 0 bridgehead atoms. The summed E-state index contributed by atoms with van der Waals surface area (Å²) < 4.78 is 0. The second-order valence-corrected chi connectivity index (χ2v) is 8.21. The van der Waals surface area contributed by atoms with Crippen molar-refractivity contribution < 1.29 is 4.79 Å². The Labute approximate surface area is 143 Å². The molecule has 1 amide bonds. The van der Waals surface area contributed by atoms with Gasteiger partial charge < -0.3 is 4.90 Å². The molecule has 2 aliphatic rings. The van der Waals surface area contributed by atoms with Gasteiger partial charge in [-0.05, 0) is 62.7 Å². The van der Waals surface area contributed by atoms with Crippen LogP contribution in [0, 0.1) is 23.7 Å². The zero-order chi connectivity index (χ0) is 16.7. The molecule has 0 spiro atoms. The number of allylic oxidation sites excluding steroid dienone is 2. The zero-order valence-electron chi connectivity index (χ0n) is 15.6. The van der Waals surface area contributed by atoms with E-state index < -0.39 is 0 Å². The standard InChI is InChI=1S/C21H37NO/c1-4-5-6-7-8-9-10-11-19-14-20(19)16-22(15-17(2)3)21(23)18-12-13-18/h8-9,17-20H,4-7,10-16H2,1-3H3/b9-8-. The summed E-state index contributed by atoms with van der Waals surface area (Å²) in [6.45, 7) is 8.68. The molecule has 0 N–H and O–H groups in total. The summed E-state index contributed by atoms with van der Waals surface area (Å²) in [5, 5.41) is 0. The van der Waals surface area contributed by atoms with Gasteiger partial charge in [-0.15, -0.1) is 0 Å². The average Bonchev–Trinajstić information content (AvgIpc) is 3.40. The lowest BCUT2D eigenvalue weighted by atomic mass is 10.1. The molecule has 0 heterocycles. The monoisotopic (exact) mass is 319 g/mol. The van der Waals surface area contributed by atoms with E-state index in [0.717, 1.165) is 37.8 Å². The third kappa shape index (κ3) is 7.10. The molecule has 132 valence electrons. The van der Waals surface area contributed by atoms with Crippen LogP contribution in [0.1, 0.15) is 78.6 Å². The molecule has 2 saturated carbocycles. The lowest BCUT2D eigenvalue weighted by Gasteiger charge is -2.25. The molecule has 2 nitrogen and oxygen atoms in total. The number of hydrogen-bond donors (Lipinski definition) is 0. The fourth-order valence-electron chi connectivity index (χ4n) is 3.51. The number of carbonyl (C=O) groups is 1. The van der Waals surface area contributed by atoms with Crippen molar-refractivity contribution in [2.45, 2.75) is 78.6 Å². The Balaban J connectivity index is 1.61. The van der Waals surface area contributed by atoms with Gasteiger partial charge in [0.25, 0.3) is 0 Å². The summed E-state index contributed by atoms with van der Waals surface area (Å²) in [5.74, 6) is 3.06. The van der Waals surface area contributed by atoms with Gasteiger partial charge in [-0.25, -0.2) is 0 Å². The van der Waals surface area contributed by atoms with E-state index in [1.54, 1.807) is 0 Å². The van der Waals surface area contributed by atoms with Crippen LogP contribution in [0.4, 0.5) is 0 Å². The molecule has 0 aliphatic heterocycles. The highest BCUT2D eigenvalue weighted by Crippen LogP contribution is 2.43. The highest BCUT2D eigenvalue weighted by Gasteiger charge is 2.40. The SMILES string of the molecule is CCCCC/C=C\CCC1CC1CN(CC(C)C)C(=O)C1CC1. The molecule has 0 saturated heterocycles. The maximum absolute atomic E-state index is 12.4. The zero-order valence-corrected chi connectivity index (χ0v) is 15.6. The summed E-state index contributed by atoms with van der Waals surface area (Å²) in [6, 6.07) is 0. The average molecular weight is 320 g/mol. The van der Waals surface area contributed by atoms with Crippen LogP contribution in [0.2, 0.25) is 0 Å². The van der Waals surface area contributed by atoms with E-state index in [2.05, 4.69) is 37.8 Å². The first-order valence-electron chi connectivity index (χ1n) is 10.1. The molecule has 2 unspecified atom stereocenters. The molecule has 2 aliphatic carbocycles. The summed E-state index contributed by atoms with van der Waals surface area (Å²) in [6.07, 6.45) is 16.2. The Kier molecular flexibility index (Phi) is 7.65. The number of nitrogens with zero attached hydrogens (tertiary/aromatic N) is 1. The maximum Gasteiger partial charge on any atom is 0.225 e. The minimum Gasteiger partial charge on any atom is -0.342 e. The second kappa shape index (κ2) is 9.49. The number of hydrogen-bond acceptors (Lipinski definition) is 1. The third-order valence-corrected chi connectivity index (χ3v) is 5.19. The van der Waals surface area contributed by atoms with Crippen LogP contribution in [0.3, 0.4) is 0 Å². The van der Waals surface area contributed by atoms with Gasteiger partial charge in [-0.2, -0.15) is 0 Å². The van der Waals surface area contributed by atoms with Crippen LogP contribution in [-0.2, 0) is 4.79 Å². The van der Waals surface area contributed by atoms with Gasteiger partial charge >= 0.3 is 0 Å². The first-order valence-corrected chi connectivity index (χ1v) is 10.1. The lowest BCUT2D eigenvalue weighted by molar-refractivity contribution is -0.133. The first-order chi connectivity index (χ1) is 11.1. The van der Waals surface area contributed by atoms with Crippen molar-refractivity contribution in [2.24, 2.45) is 23.7 Å². The van der Waals surface area contributed by atoms with Crippen LogP contribution >= 0.6 is 0 Å². The predicted molar refractivity (Wildman–Crippen MR) is 98.3 cm³/mol. The van der Waals surface area contributed by atoms with Crippen molar-refractivity contribution in [3.8, 4) is 0 Å². The van der Waals surface area contributed by atoms with Gasteiger partial charge in [-0.3, -0.25) is 4.79 Å². The molecule has 0 aromatic carbocycles. The topological polar surface area (TPSA) is 20.3 Å². The van der Waals surface area contributed by atoms with Gasteiger partial charge in [0.05, 0.1) is 0 Å². The molecule has 23 heavy (non-hydrogen) atoms. The van der Waals surface area contributed by atoms with Gasteiger partial charge in [0.15, 0.2) is 0 Å². The number of unbranched alkanes of at least 4 members (excludes halogenated alkanes) is 3. The van der Waals surface area contributed by atoms with Crippen LogP contribution in [0.5, 0.6) is 0 Å². The van der Waals surface area contributed by atoms with Crippen molar-refractivity contribution in [3.05, 3.63) is 12.2 Å². The van der Waals surface area contributed by atoms with Crippen molar-refractivity contribution >= 4 is 5.91 Å². The first kappa shape index (κ1) is 18.5. The highest BCUT2D eigenvalue weighted by atomic mass is 16.2. The second-order valence-electron chi connectivity index (χ2n) is 8.21. The predicted octanol–water partition coefficient (Wildman–Crippen LogP) is 5.43. The fraction of sp³-hybridized carbons (Fsp3) is 0.857. The van der Waals surface area contributed by atoms with Crippen molar-refractivity contribution in [2.75, 3.05) is 13.1 Å². The van der Waals surface area contributed by atoms with Crippen molar-refractivity contribution in [1.29, 1.82) is 0 Å². The van der Waals surface area contributed by atoms with E-state index in [-0.39, 0.29) is 0 Å². The molecule has 0 aromatic rings. The molecule has 2 rings (SSSR count). The number of carbonyl (C=O) groups excluding carboxylic acids is 1. The number of rotatable bonds is 12. The van der Waals surface area contributed by atoms with Crippen LogP contribution < -0.4 is 0 Å². The lowest BCUT2D eigenvalue weighted by Crippen LogP contribution is -2.37. The van der Waals surface area contributed by atoms with Gasteiger partial charge in [0.1, 0.15) is 0 Å². The van der Waals surface area contributed by atoms with E-state index >= 15 is 0 Å². The molecule has 0 aromatic heterocycles. The Morgan fingerprint density at radius 2 is 1.87 bits per heavy atom. The van der Waals surface area contributed by atoms with Crippen LogP contribution in [0.15, 0.2) is 12.2 Å². The summed E-state index contributed by atoms with van der Waals surface area (Å²) >= 11 is 0. The fourth-order valence-corrected chi connectivity index (χ4v) is 3.51. The minimum absolute atomic E-state index is 0.372. The molecular weight excluding hydrogens is 282 g/mol. The maximum atomic E-state index is 12.4. The Hall–Kier alpha value is -0.790. The van der Waals surface area contributed by atoms with Gasteiger partial charge in [-0.1, -0.05) is 45.8 Å². The van der Waals surface area contributed by atoms with Crippen LogP contribution in [0.25, 0.3) is 0 Å². The molecular formula is C21H37NO. The Morgan fingerprint density at radius 1 is 1.13 bits per heavy atom. The van der Waals surface area contributed by atoms with E-state index in [0.29, 0.717) is 17.7 Å². The molecule has 0 radical (unpaired) electrons. The summed E-state index contributed by atoms with van der Waals surface area (Å²) in [7, 11) is 0. The molecule has 2 fully saturated rings. The molecule has 2 heteroatoms. The van der Waals surface area contributed by atoms with E-state index in [1.165, 1.54) is 44.9 Å². The quantitative estimate of drug-likeness (QED) is 0.347. The highest BCUT2D eigenvalue weighted by molar-refractivity contribution is 5.81. The van der Waals surface area contributed by atoms with Crippen LogP contribution in [-0.4, -0.2) is 23.9 Å². The van der Waals surface area contributed by atoms with E-state index in [4.69, 9.17) is 0 Å². The van der Waals surface area contributed by atoms with Gasteiger partial charge in [0.2, 0.25) is 5.91 Å². The largest absolute Gasteiger partial charge is 0.342 e. The molecule has 2 atom stereocenters. The number of amides is 1. The van der Waals surface area contributed by atoms with Crippen molar-refractivity contribution in [1.82, 2.24) is 4.90 Å². The smallest absolute Gasteiger partial charge is 0.225 e. The summed E-state index contributed by atoms with van der Waals surface area (Å²) in [5.41, 5.74) is 0. The summed E-state index contributed by atoms with van der Waals surface area (Å²) in [4.78, 5) is 14.6. The van der Waals surface area contributed by atoms with Gasteiger partial charge in [0, 0.05) is 19.0 Å². The normalized spacial score (nSPS) is 23.7.